The van der Waals surface area contributed by atoms with Crippen molar-refractivity contribution in [1.82, 2.24) is 4.72 Å². The summed E-state index contributed by atoms with van der Waals surface area (Å²) < 4.78 is 33.5. The minimum absolute atomic E-state index is 0.0676. The summed E-state index contributed by atoms with van der Waals surface area (Å²) in [4.78, 5) is 16.7. The first-order valence-electron chi connectivity index (χ1n) is 10.1. The maximum Gasteiger partial charge on any atom is 0.262 e. The van der Waals surface area contributed by atoms with Crippen molar-refractivity contribution in [3.05, 3.63) is 65.9 Å². The largest absolute Gasteiger partial charge is 0.460 e. The molecule has 1 aromatic heterocycles. The van der Waals surface area contributed by atoms with Crippen molar-refractivity contribution in [2.45, 2.75) is 31.1 Å². The summed E-state index contributed by atoms with van der Waals surface area (Å²) in [6, 6.07) is 13.8. The number of furan rings is 1. The smallest absolute Gasteiger partial charge is 0.262 e. The summed E-state index contributed by atoms with van der Waals surface area (Å²) in [5.41, 5.74) is 2.03. The average Bonchev–Trinajstić information content (AvgIpc) is 3.39. The predicted octanol–water partition coefficient (Wildman–Crippen LogP) is 4.12. The van der Waals surface area contributed by atoms with E-state index in [9.17, 15) is 13.2 Å². The van der Waals surface area contributed by atoms with Crippen LogP contribution in [0.2, 0.25) is 0 Å². The molecule has 4 rings (SSSR count). The first kappa shape index (κ1) is 20.9. The molecule has 0 saturated heterocycles. The fourth-order valence-corrected chi connectivity index (χ4v) is 4.62. The van der Waals surface area contributed by atoms with Crippen LogP contribution in [0.15, 0.2) is 68.9 Å². The van der Waals surface area contributed by atoms with E-state index in [-0.39, 0.29) is 10.8 Å². The topological polar surface area (TPSA) is 101 Å². The molecule has 1 aliphatic heterocycles. The fourth-order valence-electron chi connectivity index (χ4n) is 3.48. The highest BCUT2D eigenvalue weighted by Crippen LogP contribution is 2.27. The molecule has 0 bridgehead atoms. The lowest BCUT2D eigenvalue weighted by Gasteiger charge is -2.09. The number of nitrogens with one attached hydrogen (secondary N) is 2. The Labute approximate surface area is 180 Å². The molecule has 0 aliphatic carbocycles. The third-order valence-corrected chi connectivity index (χ3v) is 6.35. The number of aliphatic imine (C=N–C) groups is 1. The summed E-state index contributed by atoms with van der Waals surface area (Å²) in [6.45, 7) is 2.62. The zero-order chi connectivity index (χ0) is 21.8. The van der Waals surface area contributed by atoms with Crippen LogP contribution in [0.5, 0.6) is 0 Å². The Morgan fingerprint density at radius 2 is 2.03 bits per heavy atom. The van der Waals surface area contributed by atoms with Crippen molar-refractivity contribution in [3.8, 4) is 0 Å². The molecule has 0 fully saturated rings. The van der Waals surface area contributed by atoms with E-state index in [1.807, 2.05) is 31.2 Å². The third kappa shape index (κ3) is 4.69. The van der Waals surface area contributed by atoms with Gasteiger partial charge in [-0.3, -0.25) is 14.5 Å². The Balaban J connectivity index is 1.50. The number of para-hydroxylation sites is 1. The molecule has 31 heavy (non-hydrogen) atoms. The van der Waals surface area contributed by atoms with Gasteiger partial charge in [-0.15, -0.1) is 0 Å². The molecule has 3 aromatic rings. The molecule has 8 heteroatoms. The Kier molecular flexibility index (Phi) is 5.90. The lowest BCUT2D eigenvalue weighted by atomic mass is 10.1. The molecular formula is C23H23N3O4S. The average molecular weight is 438 g/mol. The molecule has 7 nitrogen and oxygen atoms in total. The van der Waals surface area contributed by atoms with Gasteiger partial charge in [0.25, 0.3) is 10.0 Å². The maximum atomic E-state index is 12.6. The number of aryl methyl sites for hydroxylation is 1. The first-order chi connectivity index (χ1) is 15.0. The van der Waals surface area contributed by atoms with E-state index in [0.29, 0.717) is 30.9 Å². The first-order valence-corrected chi connectivity index (χ1v) is 11.6. The molecule has 0 radical (unpaired) electrons. The maximum absolute atomic E-state index is 12.6. The number of sulfonamides is 1. The molecule has 0 saturated carbocycles. The molecule has 2 N–H and O–H groups in total. The van der Waals surface area contributed by atoms with E-state index in [1.54, 1.807) is 18.2 Å². The highest BCUT2D eigenvalue weighted by atomic mass is 32.2. The zero-order valence-electron chi connectivity index (χ0n) is 17.1. The Morgan fingerprint density at radius 3 is 2.81 bits per heavy atom. The Hall–Kier alpha value is -3.39. The predicted molar refractivity (Wildman–Crippen MR) is 122 cm³/mol. The molecule has 2 heterocycles. The van der Waals surface area contributed by atoms with Crippen molar-refractivity contribution in [3.63, 3.8) is 0 Å². The lowest BCUT2D eigenvalue weighted by molar-refractivity contribution is -0.111. The second kappa shape index (κ2) is 8.77. The lowest BCUT2D eigenvalue weighted by Crippen LogP contribution is -2.29. The van der Waals surface area contributed by atoms with Crippen LogP contribution in [0.25, 0.3) is 17.0 Å². The van der Waals surface area contributed by atoms with Gasteiger partial charge < -0.3 is 9.73 Å². The summed E-state index contributed by atoms with van der Waals surface area (Å²) in [5.74, 6) is 0.908. The molecule has 0 spiro atoms. The summed E-state index contributed by atoms with van der Waals surface area (Å²) in [6.07, 6.45) is 5.30. The number of benzene rings is 2. The number of carbonyl (C=O) groups excluding carboxylic acids is 1. The van der Waals surface area contributed by atoms with Gasteiger partial charge in [-0.05, 0) is 36.8 Å². The van der Waals surface area contributed by atoms with E-state index in [4.69, 9.17) is 4.42 Å². The highest BCUT2D eigenvalue weighted by molar-refractivity contribution is 7.90. The monoisotopic (exact) mass is 437 g/mol. The Bertz CT molecular complexity index is 1290. The van der Waals surface area contributed by atoms with Gasteiger partial charge >= 0.3 is 0 Å². The Morgan fingerprint density at radius 1 is 1.19 bits per heavy atom. The van der Waals surface area contributed by atoms with E-state index in [1.165, 1.54) is 18.2 Å². The third-order valence-electron chi connectivity index (χ3n) is 4.97. The number of fused-ring (bicyclic) bond motifs is 1. The van der Waals surface area contributed by atoms with Crippen molar-refractivity contribution < 1.29 is 17.6 Å². The van der Waals surface area contributed by atoms with Gasteiger partial charge in [0.1, 0.15) is 17.2 Å². The normalized spacial score (nSPS) is 14.2. The van der Waals surface area contributed by atoms with Crippen LogP contribution in [0.3, 0.4) is 0 Å². The molecule has 160 valence electrons. The summed E-state index contributed by atoms with van der Waals surface area (Å²) >= 11 is 0. The van der Waals surface area contributed by atoms with Gasteiger partial charge in [-0.1, -0.05) is 31.2 Å². The quantitative estimate of drug-likeness (QED) is 0.567. The van der Waals surface area contributed by atoms with Crippen LogP contribution < -0.4 is 10.0 Å². The molecule has 1 amide bonds. The van der Waals surface area contributed by atoms with Crippen LogP contribution in [0, 0.1) is 0 Å². The molecule has 0 unspecified atom stereocenters. The number of amidine groups is 1. The number of hydrogen-bond acceptors (Lipinski definition) is 5. The van der Waals surface area contributed by atoms with Gasteiger partial charge in [-0.2, -0.15) is 0 Å². The molecule has 2 aromatic carbocycles. The minimum atomic E-state index is -3.75. The van der Waals surface area contributed by atoms with Gasteiger partial charge in [0.2, 0.25) is 5.91 Å². The summed E-state index contributed by atoms with van der Waals surface area (Å²) in [5, 5.41) is 3.66. The van der Waals surface area contributed by atoms with Gasteiger partial charge in [0, 0.05) is 42.1 Å². The number of hydrogen-bond donors (Lipinski definition) is 2. The second-order valence-electron chi connectivity index (χ2n) is 7.18. The SMILES string of the molecule is CCc1oc2ccccc2c1C=CC(=O)Nc1cccc(S(=O)(=O)NC2=NCCC2)c1. The number of carbonyl (C=O) groups is 1. The van der Waals surface area contributed by atoms with Crippen LogP contribution >= 0.6 is 0 Å². The molecule has 1 aliphatic rings. The van der Waals surface area contributed by atoms with Gasteiger partial charge in [0.15, 0.2) is 0 Å². The fraction of sp³-hybridized carbons (Fsp3) is 0.217. The van der Waals surface area contributed by atoms with E-state index >= 15 is 0 Å². The van der Waals surface area contributed by atoms with Crippen molar-refractivity contribution in [2.24, 2.45) is 4.99 Å². The van der Waals surface area contributed by atoms with E-state index < -0.39 is 10.0 Å². The van der Waals surface area contributed by atoms with E-state index in [0.717, 1.165) is 28.7 Å². The number of nitrogens with zero attached hydrogens (tertiary/aromatic N) is 1. The van der Waals surface area contributed by atoms with Crippen molar-refractivity contribution in [1.29, 1.82) is 0 Å². The highest BCUT2D eigenvalue weighted by Gasteiger charge is 2.18. The standard InChI is InChI=1S/C23H23N3O4S/c1-2-20-19(18-9-3-4-10-21(18)30-20)12-13-23(27)25-16-7-5-8-17(15-16)31(28,29)26-22-11-6-14-24-22/h3-5,7-10,12-13,15H,2,6,11,14H2,1H3,(H,24,26)(H,25,27). The van der Waals surface area contributed by atoms with Crippen molar-refractivity contribution >= 4 is 44.5 Å². The van der Waals surface area contributed by atoms with E-state index in [2.05, 4.69) is 15.0 Å². The number of rotatable bonds is 6. The van der Waals surface area contributed by atoms with Crippen LogP contribution in [0.4, 0.5) is 5.69 Å². The van der Waals surface area contributed by atoms with Crippen LogP contribution in [-0.4, -0.2) is 26.7 Å². The number of anilines is 1. The number of amides is 1. The zero-order valence-corrected chi connectivity index (χ0v) is 17.9. The molecule has 0 atom stereocenters. The second-order valence-corrected chi connectivity index (χ2v) is 8.86. The summed E-state index contributed by atoms with van der Waals surface area (Å²) in [7, 11) is -3.75. The van der Waals surface area contributed by atoms with Crippen LogP contribution in [-0.2, 0) is 21.2 Å². The van der Waals surface area contributed by atoms with Crippen molar-refractivity contribution in [2.75, 3.05) is 11.9 Å². The van der Waals surface area contributed by atoms with Gasteiger partial charge in [-0.25, -0.2) is 8.42 Å². The van der Waals surface area contributed by atoms with Gasteiger partial charge in [0.05, 0.1) is 4.90 Å². The molecular weight excluding hydrogens is 414 g/mol. The van der Waals surface area contributed by atoms with Crippen LogP contribution in [0.1, 0.15) is 31.1 Å². The minimum Gasteiger partial charge on any atom is -0.460 e.